The van der Waals surface area contributed by atoms with E-state index in [9.17, 15) is 0 Å². The summed E-state index contributed by atoms with van der Waals surface area (Å²) in [5.74, 6) is 1.02. The second-order valence-corrected chi connectivity index (χ2v) is 7.02. The normalized spacial score (nSPS) is 11.7. The molecule has 0 spiro atoms. The maximum atomic E-state index is 4.66. The summed E-state index contributed by atoms with van der Waals surface area (Å²) in [5, 5.41) is 6.22. The van der Waals surface area contributed by atoms with Crippen LogP contribution in [0.1, 0.15) is 32.6 Å². The fourth-order valence-electron chi connectivity index (χ4n) is 3.44. The first-order chi connectivity index (χ1) is 12.2. The van der Waals surface area contributed by atoms with Crippen molar-refractivity contribution in [1.82, 2.24) is 14.5 Å². The van der Waals surface area contributed by atoms with E-state index in [1.165, 1.54) is 41.1 Å². The Labute approximate surface area is 150 Å². The van der Waals surface area contributed by atoms with Gasteiger partial charge in [0.15, 0.2) is 5.82 Å². The average Bonchev–Trinajstić information content (AvgIpc) is 2.94. The van der Waals surface area contributed by atoms with Crippen LogP contribution in [0.3, 0.4) is 0 Å². The van der Waals surface area contributed by atoms with E-state index in [4.69, 9.17) is 0 Å². The van der Waals surface area contributed by atoms with E-state index in [0.29, 0.717) is 0 Å². The molecular formula is C21H30N4. The number of nitrogens with zero attached hydrogens (tertiary/aromatic N) is 3. The molecule has 3 aromatic rings. The van der Waals surface area contributed by atoms with Crippen molar-refractivity contribution in [2.75, 3.05) is 32.5 Å². The van der Waals surface area contributed by atoms with Crippen molar-refractivity contribution in [2.24, 2.45) is 0 Å². The quantitative estimate of drug-likeness (QED) is 0.572. The van der Waals surface area contributed by atoms with E-state index in [-0.39, 0.29) is 0 Å². The molecule has 0 aliphatic carbocycles. The average molecular weight is 338 g/mol. The molecule has 3 rings (SSSR count). The van der Waals surface area contributed by atoms with Gasteiger partial charge in [-0.2, -0.15) is 0 Å². The largest absolute Gasteiger partial charge is 0.368 e. The smallest absolute Gasteiger partial charge is 0.150 e. The molecule has 4 heteroatoms. The first kappa shape index (κ1) is 17.7. The number of hydrogen-bond donors (Lipinski definition) is 1. The first-order valence-electron chi connectivity index (χ1n) is 9.47. The number of pyridine rings is 1. The predicted octanol–water partition coefficient (Wildman–Crippen LogP) is 4.74. The van der Waals surface area contributed by atoms with Gasteiger partial charge < -0.3 is 14.8 Å². The fraction of sp³-hybridized carbons (Fsp3) is 0.476. The number of aryl methyl sites for hydroxylation is 1. The van der Waals surface area contributed by atoms with Crippen LogP contribution in [-0.2, 0) is 6.54 Å². The lowest BCUT2D eigenvalue weighted by Gasteiger charge is -2.12. The van der Waals surface area contributed by atoms with Gasteiger partial charge >= 0.3 is 0 Å². The predicted molar refractivity (Wildman–Crippen MR) is 108 cm³/mol. The second-order valence-electron chi connectivity index (χ2n) is 7.02. The van der Waals surface area contributed by atoms with Crippen LogP contribution in [0.25, 0.3) is 21.8 Å². The zero-order valence-corrected chi connectivity index (χ0v) is 15.8. The van der Waals surface area contributed by atoms with Crippen LogP contribution in [0.4, 0.5) is 5.82 Å². The van der Waals surface area contributed by atoms with E-state index in [2.05, 4.69) is 71.1 Å². The number of unbranched alkanes of at least 4 members (excludes halogenated alkanes) is 2. The Balaban J connectivity index is 1.90. The molecule has 134 valence electrons. The van der Waals surface area contributed by atoms with Gasteiger partial charge in [-0.15, -0.1) is 0 Å². The highest BCUT2D eigenvalue weighted by atomic mass is 15.1. The Morgan fingerprint density at radius 2 is 1.88 bits per heavy atom. The minimum atomic E-state index is 0.968. The van der Waals surface area contributed by atoms with Gasteiger partial charge in [0.25, 0.3) is 0 Å². The number of aromatic nitrogens is 2. The minimum absolute atomic E-state index is 0.968. The SMILES string of the molecule is CCCCn1c2ccccc2c2ccnc(NCCCCN(C)C)c21. The number of anilines is 1. The van der Waals surface area contributed by atoms with Gasteiger partial charge in [0.05, 0.1) is 5.52 Å². The molecule has 2 heterocycles. The van der Waals surface area contributed by atoms with Crippen LogP contribution in [-0.4, -0.2) is 41.6 Å². The number of para-hydroxylation sites is 1. The molecule has 0 aliphatic rings. The zero-order chi connectivity index (χ0) is 17.6. The molecule has 0 saturated heterocycles. The van der Waals surface area contributed by atoms with Crippen LogP contribution in [0, 0.1) is 0 Å². The minimum Gasteiger partial charge on any atom is -0.368 e. The van der Waals surface area contributed by atoms with E-state index in [1.54, 1.807) is 0 Å². The molecule has 2 aromatic heterocycles. The van der Waals surface area contributed by atoms with Crippen LogP contribution < -0.4 is 5.32 Å². The van der Waals surface area contributed by atoms with Gasteiger partial charge in [0.2, 0.25) is 0 Å². The lowest BCUT2D eigenvalue weighted by molar-refractivity contribution is 0.396. The summed E-state index contributed by atoms with van der Waals surface area (Å²) in [6.45, 7) is 5.39. The number of rotatable bonds is 9. The first-order valence-corrected chi connectivity index (χ1v) is 9.47. The van der Waals surface area contributed by atoms with Crippen LogP contribution in [0.15, 0.2) is 36.5 Å². The monoisotopic (exact) mass is 338 g/mol. The number of hydrogen-bond acceptors (Lipinski definition) is 3. The van der Waals surface area contributed by atoms with Crippen LogP contribution in [0.2, 0.25) is 0 Å². The van der Waals surface area contributed by atoms with E-state index in [0.717, 1.165) is 31.9 Å². The van der Waals surface area contributed by atoms with Gasteiger partial charge in [-0.05, 0) is 52.0 Å². The summed E-state index contributed by atoms with van der Waals surface area (Å²) in [5.41, 5.74) is 2.57. The standard InChI is InChI=1S/C21H30N4/c1-4-5-16-25-19-11-7-6-10-17(19)18-12-14-23-21(20(18)25)22-13-8-9-15-24(2)3/h6-7,10-12,14H,4-5,8-9,13,15-16H2,1-3H3,(H,22,23). The molecule has 0 aliphatic heterocycles. The highest BCUT2D eigenvalue weighted by Gasteiger charge is 2.14. The van der Waals surface area contributed by atoms with E-state index in [1.807, 2.05) is 6.20 Å². The van der Waals surface area contributed by atoms with Crippen molar-refractivity contribution < 1.29 is 0 Å². The molecule has 0 unspecified atom stereocenters. The van der Waals surface area contributed by atoms with Crippen molar-refractivity contribution in [3.8, 4) is 0 Å². The van der Waals surface area contributed by atoms with Crippen LogP contribution in [0.5, 0.6) is 0 Å². The van der Waals surface area contributed by atoms with Crippen molar-refractivity contribution >= 4 is 27.6 Å². The third-order valence-electron chi connectivity index (χ3n) is 4.74. The molecule has 4 nitrogen and oxygen atoms in total. The van der Waals surface area contributed by atoms with Gasteiger partial charge in [-0.1, -0.05) is 31.5 Å². The molecule has 0 radical (unpaired) electrons. The molecule has 0 saturated carbocycles. The molecule has 0 amide bonds. The topological polar surface area (TPSA) is 33.1 Å². The number of nitrogens with one attached hydrogen (secondary N) is 1. The van der Waals surface area contributed by atoms with E-state index >= 15 is 0 Å². The Kier molecular flexibility index (Phi) is 5.92. The Bertz CT molecular complexity index is 819. The van der Waals surface area contributed by atoms with Crippen molar-refractivity contribution in [3.05, 3.63) is 36.5 Å². The second kappa shape index (κ2) is 8.34. The summed E-state index contributed by atoms with van der Waals surface area (Å²) < 4.78 is 2.45. The lowest BCUT2D eigenvalue weighted by atomic mass is 10.2. The summed E-state index contributed by atoms with van der Waals surface area (Å²) in [6.07, 6.45) is 6.67. The summed E-state index contributed by atoms with van der Waals surface area (Å²) >= 11 is 0. The number of benzene rings is 1. The molecule has 1 aromatic carbocycles. The van der Waals surface area contributed by atoms with Gasteiger partial charge in [0, 0.05) is 35.6 Å². The molecular weight excluding hydrogens is 308 g/mol. The van der Waals surface area contributed by atoms with E-state index < -0.39 is 0 Å². The third-order valence-corrected chi connectivity index (χ3v) is 4.74. The molecule has 1 N–H and O–H groups in total. The van der Waals surface area contributed by atoms with Crippen molar-refractivity contribution in [2.45, 2.75) is 39.2 Å². The maximum Gasteiger partial charge on any atom is 0.150 e. The Morgan fingerprint density at radius 3 is 2.68 bits per heavy atom. The van der Waals surface area contributed by atoms with Crippen molar-refractivity contribution in [1.29, 1.82) is 0 Å². The summed E-state index contributed by atoms with van der Waals surface area (Å²) in [7, 11) is 4.25. The molecule has 0 bridgehead atoms. The van der Waals surface area contributed by atoms with Gasteiger partial charge in [0.1, 0.15) is 0 Å². The highest BCUT2D eigenvalue weighted by Crippen LogP contribution is 2.32. The number of fused-ring (bicyclic) bond motifs is 3. The Morgan fingerprint density at radius 1 is 1.04 bits per heavy atom. The summed E-state index contributed by atoms with van der Waals surface area (Å²) in [4.78, 5) is 6.90. The molecule has 0 atom stereocenters. The van der Waals surface area contributed by atoms with Crippen LogP contribution >= 0.6 is 0 Å². The lowest BCUT2D eigenvalue weighted by Crippen LogP contribution is -2.14. The maximum absolute atomic E-state index is 4.66. The molecule has 0 fully saturated rings. The molecule has 25 heavy (non-hydrogen) atoms. The van der Waals surface area contributed by atoms with Gasteiger partial charge in [-0.3, -0.25) is 0 Å². The third kappa shape index (κ3) is 3.96. The fourth-order valence-corrected chi connectivity index (χ4v) is 3.44. The van der Waals surface area contributed by atoms with Gasteiger partial charge in [-0.25, -0.2) is 4.98 Å². The zero-order valence-electron chi connectivity index (χ0n) is 15.8. The highest BCUT2D eigenvalue weighted by molar-refractivity contribution is 6.11. The summed E-state index contributed by atoms with van der Waals surface area (Å²) in [6, 6.07) is 10.9. The van der Waals surface area contributed by atoms with Crippen molar-refractivity contribution in [3.63, 3.8) is 0 Å². The Hall–Kier alpha value is -2.07.